The van der Waals surface area contributed by atoms with E-state index < -0.39 is 74.4 Å². The zero-order valence-corrected chi connectivity index (χ0v) is 25.5. The Morgan fingerprint density at radius 3 is 2.23 bits per heavy atom. The average Bonchev–Trinajstić information content (AvgIpc) is 3.43. The molecule has 0 saturated carbocycles. The first-order chi connectivity index (χ1) is 22.7. The lowest BCUT2D eigenvalue weighted by atomic mass is 9.98. The summed E-state index contributed by atoms with van der Waals surface area (Å²) in [5.41, 5.74) is 3.89. The number of carbonyl (C=O) groups excluding carboxylic acids is 1. The summed E-state index contributed by atoms with van der Waals surface area (Å²) in [5, 5.41) is 76.1. The number of ether oxygens (including phenoxy) is 4. The summed E-state index contributed by atoms with van der Waals surface area (Å²) in [5.74, 6) is 0. The van der Waals surface area contributed by atoms with Gasteiger partial charge in [0.1, 0.15) is 55.4 Å². The number of nitrogens with zero attached hydrogens (tertiary/aromatic N) is 2. The van der Waals surface area contributed by atoms with Crippen molar-refractivity contribution in [2.24, 2.45) is 5.16 Å². The number of aliphatic hydroxyl groups is 7. The standard InChI is InChI=1S/C30H41N3O14/c1-42-28-23(16-35)46-29(26(40)25(28)39)47-27(22(37)15-34)24(38)21(36)14-31-44-12-10-43-11-13-45-32-30(41)33-19-8-4-2-6-17(19)18-7-3-5-9-20(18)33/h2-9,14,21-29,34-40H,10-13,15-16H2,1H3,(H,32,41)/b31-14+/t21-,22+,23+,24+,25+,26+,27+,28+,29-/m0/s1. The summed E-state index contributed by atoms with van der Waals surface area (Å²) in [6.07, 6.45) is -13.5. The second kappa shape index (κ2) is 17.7. The number of carbonyl (C=O) groups is 1. The molecule has 3 aromatic rings. The molecule has 2 heterocycles. The van der Waals surface area contributed by atoms with Crippen molar-refractivity contribution in [2.45, 2.75) is 55.1 Å². The summed E-state index contributed by atoms with van der Waals surface area (Å²) >= 11 is 0. The van der Waals surface area contributed by atoms with E-state index in [9.17, 15) is 40.5 Å². The van der Waals surface area contributed by atoms with E-state index in [0.717, 1.165) is 28.0 Å². The van der Waals surface area contributed by atoms with Gasteiger partial charge in [0.2, 0.25) is 0 Å². The Balaban J connectivity index is 1.16. The number of hydrogen-bond donors (Lipinski definition) is 8. The first kappa shape index (κ1) is 36.5. The van der Waals surface area contributed by atoms with Gasteiger partial charge in [-0.05, 0) is 12.1 Å². The molecule has 0 spiro atoms. The molecule has 1 aromatic heterocycles. The van der Waals surface area contributed by atoms with E-state index in [1.165, 1.54) is 11.7 Å². The van der Waals surface area contributed by atoms with Crippen molar-refractivity contribution in [1.82, 2.24) is 10.0 Å². The molecule has 0 unspecified atom stereocenters. The molecule has 0 aliphatic carbocycles. The second-order valence-electron chi connectivity index (χ2n) is 10.6. The molecule has 1 aliphatic rings. The normalized spacial score (nSPS) is 24.4. The molecule has 0 bridgehead atoms. The van der Waals surface area contributed by atoms with Gasteiger partial charge in [0, 0.05) is 17.9 Å². The molecule has 1 amide bonds. The number of aliphatic hydroxyl groups excluding tert-OH is 7. The quantitative estimate of drug-likeness (QED) is 0.0451. The highest BCUT2D eigenvalue weighted by Gasteiger charge is 2.47. The number of nitrogens with one attached hydrogen (secondary N) is 1. The molecule has 0 radical (unpaired) electrons. The van der Waals surface area contributed by atoms with Crippen LogP contribution in [0.1, 0.15) is 0 Å². The molecule has 1 saturated heterocycles. The van der Waals surface area contributed by atoms with Gasteiger partial charge in [-0.15, -0.1) is 0 Å². The van der Waals surface area contributed by atoms with Crippen molar-refractivity contribution < 1.29 is 69.2 Å². The lowest BCUT2D eigenvalue weighted by Gasteiger charge is -2.43. The van der Waals surface area contributed by atoms with E-state index in [-0.39, 0.29) is 26.4 Å². The largest absolute Gasteiger partial charge is 0.394 e. The van der Waals surface area contributed by atoms with Gasteiger partial charge in [-0.25, -0.2) is 10.3 Å². The van der Waals surface area contributed by atoms with Gasteiger partial charge >= 0.3 is 6.03 Å². The number of methoxy groups -OCH3 is 1. The molecular formula is C30H41N3O14. The van der Waals surface area contributed by atoms with Crippen LogP contribution in [0.4, 0.5) is 4.79 Å². The third-order valence-electron chi connectivity index (χ3n) is 7.52. The van der Waals surface area contributed by atoms with Crippen LogP contribution in [0.5, 0.6) is 0 Å². The van der Waals surface area contributed by atoms with E-state index in [2.05, 4.69) is 10.6 Å². The maximum atomic E-state index is 12.9. The van der Waals surface area contributed by atoms with Crippen LogP contribution in [0.3, 0.4) is 0 Å². The zero-order chi connectivity index (χ0) is 33.9. The number of hydrogen-bond acceptors (Lipinski definition) is 15. The number of rotatable bonds is 17. The molecular weight excluding hydrogens is 626 g/mol. The minimum atomic E-state index is -1.91. The summed E-state index contributed by atoms with van der Waals surface area (Å²) in [6, 6.07) is 14.6. The Hall–Kier alpha value is -3.30. The van der Waals surface area contributed by atoms with Gasteiger partial charge < -0.3 is 59.5 Å². The van der Waals surface area contributed by atoms with E-state index in [0.29, 0.717) is 0 Å². The van der Waals surface area contributed by atoms with Crippen LogP contribution >= 0.6 is 0 Å². The van der Waals surface area contributed by atoms with Crippen LogP contribution in [-0.2, 0) is 28.6 Å². The lowest BCUT2D eigenvalue weighted by Crippen LogP contribution is -2.62. The molecule has 260 valence electrons. The van der Waals surface area contributed by atoms with Crippen molar-refractivity contribution in [3.63, 3.8) is 0 Å². The zero-order valence-electron chi connectivity index (χ0n) is 25.5. The van der Waals surface area contributed by atoms with E-state index in [4.69, 9.17) is 28.6 Å². The molecule has 8 N–H and O–H groups in total. The van der Waals surface area contributed by atoms with Crippen LogP contribution in [0.15, 0.2) is 53.7 Å². The van der Waals surface area contributed by atoms with Gasteiger partial charge in [-0.1, -0.05) is 41.6 Å². The third kappa shape index (κ3) is 8.79. The van der Waals surface area contributed by atoms with Gasteiger partial charge in [0.25, 0.3) is 0 Å². The number of aromatic nitrogens is 1. The van der Waals surface area contributed by atoms with Crippen molar-refractivity contribution in [2.75, 3.05) is 46.8 Å². The number of para-hydroxylation sites is 2. The van der Waals surface area contributed by atoms with Gasteiger partial charge in [0.15, 0.2) is 6.29 Å². The fourth-order valence-corrected chi connectivity index (χ4v) is 5.15. The van der Waals surface area contributed by atoms with Crippen molar-refractivity contribution in [3.05, 3.63) is 48.5 Å². The van der Waals surface area contributed by atoms with Gasteiger partial charge in [-0.2, -0.15) is 0 Å². The Morgan fingerprint density at radius 2 is 1.62 bits per heavy atom. The van der Waals surface area contributed by atoms with E-state index in [1.807, 2.05) is 48.5 Å². The number of benzene rings is 2. The maximum absolute atomic E-state index is 12.9. The molecule has 9 atom stereocenters. The Morgan fingerprint density at radius 1 is 0.979 bits per heavy atom. The Bertz CT molecular complexity index is 1380. The highest BCUT2D eigenvalue weighted by Crippen LogP contribution is 2.29. The smallest absolute Gasteiger partial charge is 0.350 e. The van der Waals surface area contributed by atoms with Gasteiger partial charge in [0.05, 0.1) is 50.3 Å². The van der Waals surface area contributed by atoms with Gasteiger partial charge in [-0.3, -0.25) is 9.40 Å². The topological polar surface area (TPSA) is 243 Å². The first-order valence-corrected chi connectivity index (χ1v) is 14.8. The predicted molar refractivity (Wildman–Crippen MR) is 163 cm³/mol. The Kier molecular flexibility index (Phi) is 13.8. The van der Waals surface area contributed by atoms with Crippen molar-refractivity contribution >= 4 is 34.1 Å². The van der Waals surface area contributed by atoms with Crippen molar-refractivity contribution in [1.29, 1.82) is 0 Å². The minimum Gasteiger partial charge on any atom is -0.394 e. The van der Waals surface area contributed by atoms with E-state index in [1.54, 1.807) is 0 Å². The fourth-order valence-electron chi connectivity index (χ4n) is 5.15. The number of hydroxylamine groups is 1. The highest BCUT2D eigenvalue weighted by molar-refractivity contribution is 6.12. The minimum absolute atomic E-state index is 0.0349. The fraction of sp³-hybridized carbons (Fsp3) is 0.533. The molecule has 17 heteroatoms. The van der Waals surface area contributed by atoms with Crippen LogP contribution in [0.25, 0.3) is 21.8 Å². The highest BCUT2D eigenvalue weighted by atomic mass is 16.7. The lowest BCUT2D eigenvalue weighted by molar-refractivity contribution is -0.328. The number of fused-ring (bicyclic) bond motifs is 3. The van der Waals surface area contributed by atoms with Crippen molar-refractivity contribution in [3.8, 4) is 0 Å². The molecule has 47 heavy (non-hydrogen) atoms. The third-order valence-corrected chi connectivity index (χ3v) is 7.52. The molecule has 2 aromatic carbocycles. The second-order valence-corrected chi connectivity index (χ2v) is 10.6. The van der Waals surface area contributed by atoms with Crippen LogP contribution in [0.2, 0.25) is 0 Å². The predicted octanol–water partition coefficient (Wildman–Crippen LogP) is -1.78. The molecule has 4 rings (SSSR count). The first-order valence-electron chi connectivity index (χ1n) is 14.8. The van der Waals surface area contributed by atoms with Crippen LogP contribution in [0, 0.1) is 0 Å². The number of oxime groups is 1. The summed E-state index contributed by atoms with van der Waals surface area (Å²) in [4.78, 5) is 23.1. The average molecular weight is 668 g/mol. The SMILES string of the molecule is CO[C@H]1[C@H](O)[C@@H](O)[C@H](O[C@@H]([C@H](O)[C@@H](O)/C=N/OCCOCCONC(=O)n2c3ccccc3c3ccccc32)[C@H](O)CO)O[C@@H]1CO. The van der Waals surface area contributed by atoms with Crippen LogP contribution < -0.4 is 5.48 Å². The number of amides is 1. The Labute approximate surface area is 269 Å². The summed E-state index contributed by atoms with van der Waals surface area (Å²) in [6.45, 7) is -1.37. The summed E-state index contributed by atoms with van der Waals surface area (Å²) < 4.78 is 22.7. The van der Waals surface area contributed by atoms with E-state index >= 15 is 0 Å². The monoisotopic (exact) mass is 667 g/mol. The molecule has 1 aliphatic heterocycles. The molecule has 1 fully saturated rings. The molecule has 17 nitrogen and oxygen atoms in total. The maximum Gasteiger partial charge on any atom is 0.350 e. The summed E-state index contributed by atoms with van der Waals surface area (Å²) in [7, 11) is 1.24. The van der Waals surface area contributed by atoms with Crippen LogP contribution in [-0.4, -0.2) is 154 Å².